The molecular formula is C9H13N. The summed E-state index contributed by atoms with van der Waals surface area (Å²) in [7, 11) is 1.86. The predicted octanol–water partition coefficient (Wildman–Crippen LogP) is 2.02. The van der Waals surface area contributed by atoms with E-state index in [4.69, 9.17) is 0 Å². The monoisotopic (exact) mass is 135 g/mol. The molecule has 10 heavy (non-hydrogen) atoms. The molecule has 54 valence electrons. The van der Waals surface area contributed by atoms with Gasteiger partial charge in [0, 0.05) is 12.7 Å². The van der Waals surface area contributed by atoms with Crippen LogP contribution in [0.1, 0.15) is 0 Å². The van der Waals surface area contributed by atoms with Gasteiger partial charge in [-0.3, -0.25) is 0 Å². The average molecular weight is 135 g/mol. The lowest BCUT2D eigenvalue weighted by molar-refractivity contribution is 1.03. The standard InChI is InChI=1S/C9H13N/c1-4-6-7-8-9(5-2)10-3/h4-8,10H,1-2H2,3H3/b7-6-,9-8+. The number of nitrogens with one attached hydrogen (secondary N) is 1. The molecule has 0 radical (unpaired) electrons. The van der Waals surface area contributed by atoms with Crippen molar-refractivity contribution < 1.29 is 0 Å². The minimum Gasteiger partial charge on any atom is -0.388 e. The molecule has 0 aliphatic heterocycles. The largest absolute Gasteiger partial charge is 0.388 e. The summed E-state index contributed by atoms with van der Waals surface area (Å²) in [5.74, 6) is 0. The van der Waals surface area contributed by atoms with Gasteiger partial charge < -0.3 is 5.32 Å². The van der Waals surface area contributed by atoms with E-state index in [0.717, 1.165) is 5.70 Å². The maximum absolute atomic E-state index is 3.62. The lowest BCUT2D eigenvalue weighted by atomic mass is 10.3. The molecule has 1 heteroatoms. The number of likely N-dealkylation sites (N-methyl/N-ethyl adjacent to an activating group) is 1. The first-order chi connectivity index (χ1) is 4.85. The van der Waals surface area contributed by atoms with E-state index in [1.807, 2.05) is 25.3 Å². The zero-order chi connectivity index (χ0) is 7.82. The fourth-order valence-electron chi connectivity index (χ4n) is 0.491. The van der Waals surface area contributed by atoms with Crippen molar-refractivity contribution in [3.63, 3.8) is 0 Å². The van der Waals surface area contributed by atoms with Crippen molar-refractivity contribution >= 4 is 0 Å². The Labute approximate surface area is 62.5 Å². The van der Waals surface area contributed by atoms with E-state index in [1.165, 1.54) is 0 Å². The molecule has 0 heterocycles. The van der Waals surface area contributed by atoms with Crippen LogP contribution in [0.3, 0.4) is 0 Å². The summed E-state index contributed by atoms with van der Waals surface area (Å²) in [4.78, 5) is 0. The van der Waals surface area contributed by atoms with Crippen molar-refractivity contribution in [2.45, 2.75) is 0 Å². The summed E-state index contributed by atoms with van der Waals surface area (Å²) in [6.45, 7) is 7.17. The molecule has 1 N–H and O–H groups in total. The highest BCUT2D eigenvalue weighted by molar-refractivity contribution is 5.21. The van der Waals surface area contributed by atoms with E-state index in [9.17, 15) is 0 Å². The Kier molecular flexibility index (Phi) is 5.16. The molecule has 0 bridgehead atoms. The Morgan fingerprint density at radius 2 is 2.00 bits per heavy atom. The third kappa shape index (κ3) is 3.72. The molecule has 0 unspecified atom stereocenters. The molecule has 0 aromatic carbocycles. The summed E-state index contributed by atoms with van der Waals surface area (Å²) in [6.07, 6.45) is 9.18. The Morgan fingerprint density at radius 3 is 2.40 bits per heavy atom. The molecule has 0 atom stereocenters. The van der Waals surface area contributed by atoms with Crippen molar-refractivity contribution in [1.29, 1.82) is 0 Å². The molecule has 0 aromatic heterocycles. The topological polar surface area (TPSA) is 12.0 Å². The van der Waals surface area contributed by atoms with Crippen LogP contribution in [0.25, 0.3) is 0 Å². The maximum Gasteiger partial charge on any atom is 0.0331 e. The summed E-state index contributed by atoms with van der Waals surface area (Å²) in [6, 6.07) is 0. The number of rotatable bonds is 4. The van der Waals surface area contributed by atoms with Crippen LogP contribution in [-0.4, -0.2) is 7.05 Å². The molecular weight excluding hydrogens is 122 g/mol. The third-order valence-electron chi connectivity index (χ3n) is 1.03. The molecule has 0 saturated heterocycles. The summed E-state index contributed by atoms with van der Waals surface area (Å²) in [5, 5.41) is 2.97. The van der Waals surface area contributed by atoms with Gasteiger partial charge in [-0.15, -0.1) is 0 Å². The lowest BCUT2D eigenvalue weighted by Crippen LogP contribution is -2.01. The zero-order valence-corrected chi connectivity index (χ0v) is 6.30. The van der Waals surface area contributed by atoms with Gasteiger partial charge in [0.05, 0.1) is 0 Å². The number of hydrogen-bond donors (Lipinski definition) is 1. The first-order valence-corrected chi connectivity index (χ1v) is 3.14. The number of hydrogen-bond acceptors (Lipinski definition) is 1. The maximum atomic E-state index is 3.62. The molecule has 0 aromatic rings. The summed E-state index contributed by atoms with van der Waals surface area (Å²) >= 11 is 0. The van der Waals surface area contributed by atoms with Crippen LogP contribution in [0.2, 0.25) is 0 Å². The van der Waals surface area contributed by atoms with Gasteiger partial charge in [0.15, 0.2) is 0 Å². The quantitative estimate of drug-likeness (QED) is 0.581. The van der Waals surface area contributed by atoms with Crippen molar-refractivity contribution in [2.24, 2.45) is 0 Å². The van der Waals surface area contributed by atoms with E-state index in [-0.39, 0.29) is 0 Å². The van der Waals surface area contributed by atoms with Crippen molar-refractivity contribution in [3.8, 4) is 0 Å². The molecule has 0 fully saturated rings. The fraction of sp³-hybridized carbons (Fsp3) is 0.111. The van der Waals surface area contributed by atoms with Gasteiger partial charge in [0.1, 0.15) is 0 Å². The summed E-state index contributed by atoms with van der Waals surface area (Å²) in [5.41, 5.74) is 0.998. The average Bonchev–Trinajstić information content (AvgIpc) is 1.99. The van der Waals surface area contributed by atoms with Gasteiger partial charge in [-0.2, -0.15) is 0 Å². The zero-order valence-electron chi connectivity index (χ0n) is 6.30. The van der Waals surface area contributed by atoms with Crippen LogP contribution in [0.4, 0.5) is 0 Å². The SMILES string of the molecule is C=C/C=C\C=C(/C=C)NC. The van der Waals surface area contributed by atoms with Gasteiger partial charge in [0.25, 0.3) is 0 Å². The minimum atomic E-state index is 0.998. The van der Waals surface area contributed by atoms with Crippen LogP contribution in [-0.2, 0) is 0 Å². The smallest absolute Gasteiger partial charge is 0.0331 e. The van der Waals surface area contributed by atoms with Gasteiger partial charge in [-0.25, -0.2) is 0 Å². The van der Waals surface area contributed by atoms with Crippen LogP contribution in [0.15, 0.2) is 49.2 Å². The normalized spacial score (nSPS) is 11.5. The molecule has 1 nitrogen and oxygen atoms in total. The van der Waals surface area contributed by atoms with Gasteiger partial charge >= 0.3 is 0 Å². The Bertz CT molecular complexity index is 164. The molecule has 0 rings (SSSR count). The molecule has 0 spiro atoms. The van der Waals surface area contributed by atoms with E-state index in [2.05, 4.69) is 18.5 Å². The second-order valence-corrected chi connectivity index (χ2v) is 1.70. The van der Waals surface area contributed by atoms with E-state index < -0.39 is 0 Å². The Hall–Kier alpha value is -1.24. The first kappa shape index (κ1) is 8.76. The lowest BCUT2D eigenvalue weighted by Gasteiger charge is -1.94. The molecule has 0 aliphatic carbocycles. The van der Waals surface area contributed by atoms with Crippen LogP contribution in [0, 0.1) is 0 Å². The Morgan fingerprint density at radius 1 is 1.30 bits per heavy atom. The van der Waals surface area contributed by atoms with Crippen molar-refractivity contribution in [3.05, 3.63) is 49.2 Å². The Balaban J connectivity index is 3.97. The van der Waals surface area contributed by atoms with E-state index >= 15 is 0 Å². The number of allylic oxidation sites excluding steroid dienone is 5. The van der Waals surface area contributed by atoms with E-state index in [0.29, 0.717) is 0 Å². The highest BCUT2D eigenvalue weighted by atomic mass is 14.8. The van der Waals surface area contributed by atoms with Gasteiger partial charge in [-0.05, 0) is 12.2 Å². The van der Waals surface area contributed by atoms with Gasteiger partial charge in [0.2, 0.25) is 0 Å². The second-order valence-electron chi connectivity index (χ2n) is 1.70. The summed E-state index contributed by atoms with van der Waals surface area (Å²) < 4.78 is 0. The minimum absolute atomic E-state index is 0.998. The van der Waals surface area contributed by atoms with Crippen LogP contribution < -0.4 is 5.32 Å². The van der Waals surface area contributed by atoms with Crippen LogP contribution in [0.5, 0.6) is 0 Å². The predicted molar refractivity (Wildman–Crippen MR) is 46.7 cm³/mol. The van der Waals surface area contributed by atoms with Crippen molar-refractivity contribution in [2.75, 3.05) is 7.05 Å². The fourth-order valence-corrected chi connectivity index (χ4v) is 0.491. The van der Waals surface area contributed by atoms with Gasteiger partial charge in [-0.1, -0.05) is 31.4 Å². The second kappa shape index (κ2) is 5.89. The molecule has 0 aliphatic rings. The first-order valence-electron chi connectivity index (χ1n) is 3.14. The third-order valence-corrected chi connectivity index (χ3v) is 1.03. The van der Waals surface area contributed by atoms with Crippen LogP contribution >= 0.6 is 0 Å². The molecule has 0 saturated carbocycles. The highest BCUT2D eigenvalue weighted by Crippen LogP contribution is 1.88. The highest BCUT2D eigenvalue weighted by Gasteiger charge is 1.77. The van der Waals surface area contributed by atoms with E-state index in [1.54, 1.807) is 12.2 Å². The van der Waals surface area contributed by atoms with Crippen molar-refractivity contribution in [1.82, 2.24) is 5.32 Å². The molecule has 0 amide bonds.